The lowest BCUT2D eigenvalue weighted by molar-refractivity contribution is -0.0958. The summed E-state index contributed by atoms with van der Waals surface area (Å²) in [6.07, 6.45) is 0. The van der Waals surface area contributed by atoms with Gasteiger partial charge in [0.2, 0.25) is 0 Å². The molecule has 4 unspecified atom stereocenters. The zero-order valence-corrected chi connectivity index (χ0v) is 18.6. The molecule has 0 saturated carbocycles. The molecule has 0 aromatic carbocycles. The standard InChI is InChI=1S/C21H44N2O2/c1-11-25-15-17(3)21(8,9)23-13-18(4)22(12-19(23)5)20(6,7)16(2)14-24-10/h16-19H,11-15H2,1-10H3. The zero-order valence-electron chi connectivity index (χ0n) is 18.6. The van der Waals surface area contributed by atoms with Crippen LogP contribution in [0.5, 0.6) is 0 Å². The van der Waals surface area contributed by atoms with Crippen LogP contribution in [0.2, 0.25) is 0 Å². The number of ether oxygens (including phenoxy) is 2. The Labute approximate surface area is 157 Å². The van der Waals surface area contributed by atoms with Gasteiger partial charge in [-0.3, -0.25) is 9.80 Å². The third-order valence-electron chi connectivity index (χ3n) is 6.87. The molecule has 1 rings (SSSR count). The Balaban J connectivity index is 2.88. The molecule has 1 aliphatic heterocycles. The molecule has 150 valence electrons. The minimum Gasteiger partial charge on any atom is -0.384 e. The van der Waals surface area contributed by atoms with Crippen LogP contribution in [-0.2, 0) is 9.47 Å². The van der Waals surface area contributed by atoms with E-state index in [1.807, 2.05) is 0 Å². The summed E-state index contributed by atoms with van der Waals surface area (Å²) in [7, 11) is 1.80. The maximum atomic E-state index is 5.72. The molecule has 0 aliphatic carbocycles. The molecule has 25 heavy (non-hydrogen) atoms. The van der Waals surface area contributed by atoms with Crippen molar-refractivity contribution in [3.8, 4) is 0 Å². The van der Waals surface area contributed by atoms with E-state index in [1.165, 1.54) is 0 Å². The van der Waals surface area contributed by atoms with Crippen molar-refractivity contribution in [1.29, 1.82) is 0 Å². The van der Waals surface area contributed by atoms with Crippen LogP contribution in [0.25, 0.3) is 0 Å². The largest absolute Gasteiger partial charge is 0.384 e. The molecular formula is C21H44N2O2. The predicted octanol–water partition coefficient (Wildman–Crippen LogP) is 3.89. The maximum Gasteiger partial charge on any atom is 0.0508 e. The highest BCUT2D eigenvalue weighted by Crippen LogP contribution is 2.35. The Morgan fingerprint density at radius 2 is 1.28 bits per heavy atom. The molecule has 4 heteroatoms. The van der Waals surface area contributed by atoms with Gasteiger partial charge < -0.3 is 9.47 Å². The molecular weight excluding hydrogens is 312 g/mol. The summed E-state index contributed by atoms with van der Waals surface area (Å²) >= 11 is 0. The lowest BCUT2D eigenvalue weighted by atomic mass is 9.82. The summed E-state index contributed by atoms with van der Waals surface area (Å²) in [5.74, 6) is 1.01. The lowest BCUT2D eigenvalue weighted by Gasteiger charge is -2.57. The Morgan fingerprint density at radius 3 is 1.64 bits per heavy atom. The highest BCUT2D eigenvalue weighted by Gasteiger charge is 2.45. The van der Waals surface area contributed by atoms with Crippen molar-refractivity contribution in [2.24, 2.45) is 11.8 Å². The fourth-order valence-electron chi connectivity index (χ4n) is 4.25. The van der Waals surface area contributed by atoms with Gasteiger partial charge in [0.25, 0.3) is 0 Å². The van der Waals surface area contributed by atoms with Crippen molar-refractivity contribution >= 4 is 0 Å². The first-order chi connectivity index (χ1) is 11.5. The third kappa shape index (κ3) is 5.18. The van der Waals surface area contributed by atoms with Gasteiger partial charge in [0.15, 0.2) is 0 Å². The molecule has 0 amide bonds. The molecule has 1 heterocycles. The molecule has 0 radical (unpaired) electrons. The fourth-order valence-corrected chi connectivity index (χ4v) is 4.25. The quantitative estimate of drug-likeness (QED) is 0.626. The van der Waals surface area contributed by atoms with Crippen molar-refractivity contribution < 1.29 is 9.47 Å². The van der Waals surface area contributed by atoms with Gasteiger partial charge in [-0.2, -0.15) is 0 Å². The topological polar surface area (TPSA) is 24.9 Å². The van der Waals surface area contributed by atoms with Gasteiger partial charge in [-0.15, -0.1) is 0 Å². The number of nitrogens with zero attached hydrogens (tertiary/aromatic N) is 2. The number of methoxy groups -OCH3 is 1. The maximum absolute atomic E-state index is 5.72. The molecule has 1 fully saturated rings. The minimum absolute atomic E-state index is 0.136. The zero-order chi connectivity index (χ0) is 19.4. The summed E-state index contributed by atoms with van der Waals surface area (Å²) in [5, 5.41) is 0. The van der Waals surface area contributed by atoms with E-state index in [-0.39, 0.29) is 11.1 Å². The van der Waals surface area contributed by atoms with Gasteiger partial charge in [-0.05, 0) is 60.3 Å². The van der Waals surface area contributed by atoms with E-state index in [2.05, 4.69) is 72.1 Å². The van der Waals surface area contributed by atoms with E-state index < -0.39 is 0 Å². The molecule has 0 aromatic heterocycles. The minimum atomic E-state index is 0.136. The van der Waals surface area contributed by atoms with Gasteiger partial charge in [0, 0.05) is 50.0 Å². The second-order valence-corrected chi connectivity index (χ2v) is 9.23. The number of rotatable bonds is 9. The molecule has 4 nitrogen and oxygen atoms in total. The Bertz CT molecular complexity index is 397. The molecule has 1 saturated heterocycles. The van der Waals surface area contributed by atoms with E-state index in [1.54, 1.807) is 7.11 Å². The summed E-state index contributed by atoms with van der Waals surface area (Å²) in [4.78, 5) is 5.40. The Hall–Kier alpha value is -0.160. The van der Waals surface area contributed by atoms with E-state index in [9.17, 15) is 0 Å². The summed E-state index contributed by atoms with van der Waals surface area (Å²) < 4.78 is 11.2. The smallest absolute Gasteiger partial charge is 0.0508 e. The average Bonchev–Trinajstić information content (AvgIpc) is 2.54. The van der Waals surface area contributed by atoms with Crippen LogP contribution in [0.4, 0.5) is 0 Å². The Morgan fingerprint density at radius 1 is 0.880 bits per heavy atom. The van der Waals surface area contributed by atoms with Crippen LogP contribution >= 0.6 is 0 Å². The SMILES string of the molecule is CCOCC(C)C(C)(C)N1CC(C)N(C(C)(C)C(C)COC)CC1C. The van der Waals surface area contributed by atoms with Crippen LogP contribution in [-0.4, -0.2) is 73.0 Å². The number of hydrogen-bond acceptors (Lipinski definition) is 4. The van der Waals surface area contributed by atoms with Gasteiger partial charge in [0.1, 0.15) is 0 Å². The van der Waals surface area contributed by atoms with Crippen LogP contribution in [0.1, 0.15) is 62.3 Å². The van der Waals surface area contributed by atoms with E-state index in [4.69, 9.17) is 9.47 Å². The van der Waals surface area contributed by atoms with E-state index in [0.717, 1.165) is 32.9 Å². The summed E-state index contributed by atoms with van der Waals surface area (Å²) in [5.41, 5.74) is 0.272. The van der Waals surface area contributed by atoms with Crippen LogP contribution in [0.15, 0.2) is 0 Å². The fraction of sp³-hybridized carbons (Fsp3) is 1.00. The molecule has 1 aliphatic rings. The van der Waals surface area contributed by atoms with Crippen LogP contribution < -0.4 is 0 Å². The second kappa shape index (κ2) is 9.16. The summed E-state index contributed by atoms with van der Waals surface area (Å²) in [6.45, 7) is 25.6. The normalized spacial score (nSPS) is 26.6. The van der Waals surface area contributed by atoms with Crippen molar-refractivity contribution in [2.75, 3.05) is 40.0 Å². The van der Waals surface area contributed by atoms with Crippen LogP contribution in [0.3, 0.4) is 0 Å². The van der Waals surface area contributed by atoms with Gasteiger partial charge >= 0.3 is 0 Å². The monoisotopic (exact) mass is 356 g/mol. The first-order valence-electron chi connectivity index (χ1n) is 10.1. The van der Waals surface area contributed by atoms with Crippen LogP contribution in [0, 0.1) is 11.8 Å². The lowest BCUT2D eigenvalue weighted by Crippen LogP contribution is -2.68. The van der Waals surface area contributed by atoms with Crippen molar-refractivity contribution in [3.05, 3.63) is 0 Å². The molecule has 0 aromatic rings. The first-order valence-corrected chi connectivity index (χ1v) is 10.1. The summed E-state index contributed by atoms with van der Waals surface area (Å²) in [6, 6.07) is 1.06. The highest BCUT2D eigenvalue weighted by atomic mass is 16.5. The van der Waals surface area contributed by atoms with E-state index >= 15 is 0 Å². The van der Waals surface area contributed by atoms with Crippen molar-refractivity contribution in [1.82, 2.24) is 9.80 Å². The molecule has 0 spiro atoms. The molecule has 0 N–H and O–H groups in total. The predicted molar refractivity (Wildman–Crippen MR) is 107 cm³/mol. The second-order valence-electron chi connectivity index (χ2n) is 9.23. The molecule has 0 bridgehead atoms. The van der Waals surface area contributed by atoms with E-state index in [0.29, 0.717) is 23.9 Å². The van der Waals surface area contributed by atoms with Crippen molar-refractivity contribution in [2.45, 2.75) is 85.5 Å². The average molecular weight is 357 g/mol. The Kier molecular flexibility index (Phi) is 8.39. The van der Waals surface area contributed by atoms with Crippen molar-refractivity contribution in [3.63, 3.8) is 0 Å². The third-order valence-corrected chi connectivity index (χ3v) is 6.87. The first kappa shape index (κ1) is 22.9. The number of hydrogen-bond donors (Lipinski definition) is 0. The van der Waals surface area contributed by atoms with Gasteiger partial charge in [-0.25, -0.2) is 0 Å². The molecule has 4 atom stereocenters. The van der Waals surface area contributed by atoms with Gasteiger partial charge in [-0.1, -0.05) is 13.8 Å². The highest BCUT2D eigenvalue weighted by molar-refractivity contribution is 5.00. The number of piperazine rings is 1. The van der Waals surface area contributed by atoms with Gasteiger partial charge in [0.05, 0.1) is 13.2 Å².